The molecule has 6 nitrogen and oxygen atoms in total. The lowest BCUT2D eigenvalue weighted by atomic mass is 9.96. The van der Waals surface area contributed by atoms with Gasteiger partial charge in [-0.2, -0.15) is 0 Å². The van der Waals surface area contributed by atoms with E-state index >= 15 is 0 Å². The second kappa shape index (κ2) is 6.64. The van der Waals surface area contributed by atoms with Crippen molar-refractivity contribution in [3.63, 3.8) is 0 Å². The lowest BCUT2D eigenvalue weighted by molar-refractivity contribution is 0.169. The van der Waals surface area contributed by atoms with Crippen LogP contribution >= 0.6 is 0 Å². The molecular formula is C19H20O6. The van der Waals surface area contributed by atoms with Crippen molar-refractivity contribution in [2.75, 3.05) is 21.3 Å². The van der Waals surface area contributed by atoms with Crippen LogP contribution < -0.4 is 19.6 Å². The smallest absolute Gasteiger partial charge is 0.220 e. The zero-order chi connectivity index (χ0) is 18.1. The van der Waals surface area contributed by atoms with Crippen molar-refractivity contribution >= 4 is 0 Å². The normalized spacial score (nSPS) is 15.6. The maximum Gasteiger partial charge on any atom is 0.220 e. The molecule has 2 N–H and O–H groups in total. The van der Waals surface area contributed by atoms with Gasteiger partial charge < -0.3 is 24.4 Å². The van der Waals surface area contributed by atoms with Crippen molar-refractivity contribution in [2.45, 2.75) is 18.9 Å². The second-order valence-corrected chi connectivity index (χ2v) is 5.83. The van der Waals surface area contributed by atoms with Crippen LogP contribution in [0, 0.1) is 0 Å². The summed E-state index contributed by atoms with van der Waals surface area (Å²) in [5.74, 6) is 1.06. The van der Waals surface area contributed by atoms with Gasteiger partial charge in [0.2, 0.25) is 11.2 Å². The monoisotopic (exact) mass is 344 g/mol. The fourth-order valence-electron chi connectivity index (χ4n) is 3.28. The third-order valence-corrected chi connectivity index (χ3v) is 4.49. The Kier molecular flexibility index (Phi) is 4.55. The molecule has 0 fully saturated rings. The minimum atomic E-state index is -0.830. The van der Waals surface area contributed by atoms with Gasteiger partial charge in [0, 0.05) is 5.56 Å². The molecule has 0 saturated carbocycles. The van der Waals surface area contributed by atoms with E-state index in [0.717, 1.165) is 11.1 Å². The van der Waals surface area contributed by atoms with E-state index in [2.05, 4.69) is 0 Å². The summed E-state index contributed by atoms with van der Waals surface area (Å²) in [6, 6.07) is 6.08. The summed E-state index contributed by atoms with van der Waals surface area (Å²) in [6.45, 7) is 0. The van der Waals surface area contributed by atoms with E-state index in [9.17, 15) is 15.0 Å². The summed E-state index contributed by atoms with van der Waals surface area (Å²) in [7, 11) is 4.59. The number of fused-ring (bicyclic) bond motifs is 3. The van der Waals surface area contributed by atoms with Crippen molar-refractivity contribution in [3.05, 3.63) is 45.6 Å². The topological polar surface area (TPSA) is 85.2 Å². The average Bonchev–Trinajstić information content (AvgIpc) is 2.84. The molecule has 0 aliphatic heterocycles. The highest BCUT2D eigenvalue weighted by molar-refractivity contribution is 5.82. The number of aliphatic hydroxyl groups is 1. The number of aromatic hydroxyl groups is 1. The van der Waals surface area contributed by atoms with Crippen LogP contribution in [0.15, 0.2) is 29.1 Å². The van der Waals surface area contributed by atoms with Gasteiger partial charge in [0.1, 0.15) is 0 Å². The molecule has 3 rings (SSSR count). The molecule has 0 aromatic heterocycles. The molecule has 25 heavy (non-hydrogen) atoms. The van der Waals surface area contributed by atoms with Crippen molar-refractivity contribution < 1.29 is 24.4 Å². The van der Waals surface area contributed by atoms with Crippen molar-refractivity contribution in [3.8, 4) is 34.1 Å². The third-order valence-electron chi connectivity index (χ3n) is 4.49. The van der Waals surface area contributed by atoms with Gasteiger partial charge in [-0.3, -0.25) is 4.79 Å². The first-order chi connectivity index (χ1) is 12.0. The van der Waals surface area contributed by atoms with E-state index in [1.807, 2.05) is 6.07 Å². The molecule has 6 heteroatoms. The van der Waals surface area contributed by atoms with Gasteiger partial charge in [-0.15, -0.1) is 0 Å². The van der Waals surface area contributed by atoms with Gasteiger partial charge in [-0.1, -0.05) is 6.07 Å². The highest BCUT2D eigenvalue weighted by Gasteiger charge is 2.28. The van der Waals surface area contributed by atoms with Crippen LogP contribution in [0.4, 0.5) is 0 Å². The summed E-state index contributed by atoms with van der Waals surface area (Å²) in [5.41, 5.74) is 2.17. The first-order valence-electron chi connectivity index (χ1n) is 7.89. The number of rotatable bonds is 3. The summed E-state index contributed by atoms with van der Waals surface area (Å²) in [4.78, 5) is 12.0. The summed E-state index contributed by atoms with van der Waals surface area (Å²) in [6.07, 6.45) is 0.179. The molecule has 0 bridgehead atoms. The highest BCUT2D eigenvalue weighted by atomic mass is 16.5. The Morgan fingerprint density at radius 3 is 2.40 bits per heavy atom. The molecule has 1 atom stereocenters. The summed E-state index contributed by atoms with van der Waals surface area (Å²) < 4.78 is 16.4. The van der Waals surface area contributed by atoms with E-state index in [1.54, 1.807) is 13.2 Å². The van der Waals surface area contributed by atoms with E-state index in [-0.39, 0.29) is 5.75 Å². The number of hydrogen-bond acceptors (Lipinski definition) is 6. The van der Waals surface area contributed by atoms with E-state index in [1.165, 1.54) is 26.4 Å². The predicted octanol–water partition coefficient (Wildman–Crippen LogP) is 2.42. The van der Waals surface area contributed by atoms with Crippen molar-refractivity contribution in [1.29, 1.82) is 0 Å². The van der Waals surface area contributed by atoms with Gasteiger partial charge in [0.15, 0.2) is 17.2 Å². The molecule has 0 radical (unpaired) electrons. The fourth-order valence-corrected chi connectivity index (χ4v) is 3.28. The molecule has 0 amide bonds. The number of aryl methyl sites for hydroxylation is 1. The number of aliphatic hydroxyl groups excluding tert-OH is 1. The quantitative estimate of drug-likeness (QED) is 0.889. The summed E-state index contributed by atoms with van der Waals surface area (Å²) >= 11 is 0. The van der Waals surface area contributed by atoms with Crippen LogP contribution in [0.2, 0.25) is 0 Å². The molecular weight excluding hydrogens is 324 g/mol. The zero-order valence-corrected chi connectivity index (χ0v) is 14.3. The fraction of sp³-hybridized carbons (Fsp3) is 0.316. The predicted molar refractivity (Wildman–Crippen MR) is 92.7 cm³/mol. The molecule has 2 aromatic carbocycles. The Labute approximate surface area is 145 Å². The molecule has 0 heterocycles. The SMILES string of the molecule is COc1cc2c(c(OC)c1OC)-c1ccc(O)c(=O)cc1[C@@H](O)CC2. The Hall–Kier alpha value is -2.73. The molecule has 0 saturated heterocycles. The largest absolute Gasteiger partial charge is 0.504 e. The molecule has 0 unspecified atom stereocenters. The maximum atomic E-state index is 12.0. The van der Waals surface area contributed by atoms with Crippen molar-refractivity contribution in [2.24, 2.45) is 0 Å². The average molecular weight is 344 g/mol. The molecule has 1 aliphatic rings. The van der Waals surface area contributed by atoms with Gasteiger partial charge in [-0.25, -0.2) is 0 Å². The number of methoxy groups -OCH3 is 3. The second-order valence-electron chi connectivity index (χ2n) is 5.83. The number of benzene rings is 1. The Morgan fingerprint density at radius 2 is 1.76 bits per heavy atom. The highest BCUT2D eigenvalue weighted by Crippen LogP contribution is 2.50. The van der Waals surface area contributed by atoms with Gasteiger partial charge in [0.25, 0.3) is 0 Å². The lowest BCUT2D eigenvalue weighted by Crippen LogP contribution is -2.01. The maximum absolute atomic E-state index is 12.0. The lowest BCUT2D eigenvalue weighted by Gasteiger charge is -2.19. The van der Waals surface area contributed by atoms with Crippen LogP contribution in [0.3, 0.4) is 0 Å². The standard InChI is InChI=1S/C19H20O6/c1-23-16-8-10-4-6-13(20)12-9-15(22)14(21)7-5-11(12)17(10)19(25-3)18(16)24-2/h5,7-9,13,20H,4,6H2,1-3H3,(H,21,22)/t13-/m0/s1. The van der Waals surface area contributed by atoms with E-state index in [0.29, 0.717) is 41.2 Å². The van der Waals surface area contributed by atoms with Gasteiger partial charge in [0.05, 0.1) is 27.4 Å². The minimum Gasteiger partial charge on any atom is -0.504 e. The van der Waals surface area contributed by atoms with Crippen LogP contribution in [0.5, 0.6) is 23.0 Å². The Balaban J connectivity index is 2.45. The van der Waals surface area contributed by atoms with Crippen LogP contribution in [0.25, 0.3) is 11.1 Å². The molecule has 1 aliphatic carbocycles. The van der Waals surface area contributed by atoms with Gasteiger partial charge in [-0.05, 0) is 47.7 Å². The van der Waals surface area contributed by atoms with Crippen LogP contribution in [0.1, 0.15) is 23.7 Å². The first-order valence-corrected chi connectivity index (χ1v) is 7.89. The Morgan fingerprint density at radius 1 is 1.04 bits per heavy atom. The first kappa shape index (κ1) is 17.1. The van der Waals surface area contributed by atoms with E-state index in [4.69, 9.17) is 14.2 Å². The zero-order valence-electron chi connectivity index (χ0n) is 14.3. The summed E-state index contributed by atoms with van der Waals surface area (Å²) in [5, 5.41) is 20.3. The Bertz CT molecular complexity index is 875. The van der Waals surface area contributed by atoms with Crippen LogP contribution in [-0.2, 0) is 6.42 Å². The van der Waals surface area contributed by atoms with E-state index < -0.39 is 11.5 Å². The van der Waals surface area contributed by atoms with Crippen LogP contribution in [-0.4, -0.2) is 31.5 Å². The number of ether oxygens (including phenoxy) is 3. The van der Waals surface area contributed by atoms with Gasteiger partial charge >= 0.3 is 0 Å². The molecule has 2 aromatic rings. The van der Waals surface area contributed by atoms with Crippen molar-refractivity contribution in [1.82, 2.24) is 0 Å². The molecule has 132 valence electrons. The third kappa shape index (κ3) is 2.78. The minimum absolute atomic E-state index is 0.374. The number of hydrogen-bond donors (Lipinski definition) is 2. The molecule has 0 spiro atoms.